The first-order valence-corrected chi connectivity index (χ1v) is 13.2. The smallest absolute Gasteiger partial charge is 0.210 e. The van der Waals surface area contributed by atoms with Crippen molar-refractivity contribution in [3.63, 3.8) is 0 Å². The van der Waals surface area contributed by atoms with Crippen LogP contribution in [0.25, 0.3) is 0 Å². The molecular weight excluding hydrogens is 476 g/mol. The van der Waals surface area contributed by atoms with Crippen LogP contribution in [0.1, 0.15) is 52.7 Å². The van der Waals surface area contributed by atoms with E-state index < -0.39 is 0 Å². The molecule has 38 heavy (non-hydrogen) atoms. The SMILES string of the molecule is CCN1/C(=C\C2=C(O)C(=C\C3=[N+](CC)c4ccc(OC)cc4C3(C)C)/C2=O)C(C)(C)c2cc(OC)ccc21. The van der Waals surface area contributed by atoms with Crippen LogP contribution in [0.3, 0.4) is 0 Å². The van der Waals surface area contributed by atoms with E-state index in [1.54, 1.807) is 14.2 Å². The summed E-state index contributed by atoms with van der Waals surface area (Å²) in [7, 11) is 3.33. The lowest BCUT2D eigenvalue weighted by atomic mass is 9.77. The van der Waals surface area contributed by atoms with Gasteiger partial charge in [0.15, 0.2) is 5.71 Å². The summed E-state index contributed by atoms with van der Waals surface area (Å²) in [6.07, 6.45) is 3.74. The van der Waals surface area contributed by atoms with Crippen molar-refractivity contribution in [2.24, 2.45) is 0 Å². The van der Waals surface area contributed by atoms with Crippen LogP contribution in [-0.2, 0) is 15.6 Å². The lowest BCUT2D eigenvalue weighted by Gasteiger charge is -2.28. The Balaban J connectivity index is 1.56. The molecule has 0 amide bonds. The number of Topliss-reactive ketones (excluding diaryl/α,β-unsaturated/α-hetero) is 1. The molecule has 1 N–H and O–H groups in total. The highest BCUT2D eigenvalue weighted by Gasteiger charge is 2.47. The first-order chi connectivity index (χ1) is 18.0. The van der Waals surface area contributed by atoms with Gasteiger partial charge >= 0.3 is 0 Å². The molecule has 2 aromatic carbocycles. The molecule has 6 heteroatoms. The first-order valence-electron chi connectivity index (χ1n) is 13.2. The number of carbonyl (C=O) groups is 1. The molecule has 1 aliphatic carbocycles. The molecule has 0 radical (unpaired) electrons. The Bertz CT molecular complexity index is 1490. The topological polar surface area (TPSA) is 62.0 Å². The fourth-order valence-electron chi connectivity index (χ4n) is 6.15. The van der Waals surface area contributed by atoms with Gasteiger partial charge in [0.1, 0.15) is 23.8 Å². The van der Waals surface area contributed by atoms with Crippen LogP contribution in [0.4, 0.5) is 11.4 Å². The van der Waals surface area contributed by atoms with Crippen molar-refractivity contribution in [2.75, 3.05) is 32.2 Å². The third-order valence-electron chi connectivity index (χ3n) is 8.39. The number of nitrogens with zero attached hydrogens (tertiary/aromatic N) is 2. The van der Waals surface area contributed by atoms with Crippen LogP contribution in [-0.4, -0.2) is 48.5 Å². The molecule has 2 aromatic rings. The molecule has 0 bridgehead atoms. The van der Waals surface area contributed by atoms with E-state index in [-0.39, 0.29) is 22.4 Å². The van der Waals surface area contributed by atoms with Gasteiger partial charge in [-0.15, -0.1) is 0 Å². The number of likely N-dealkylation sites (N-methyl/N-ethyl adjacent to an activating group) is 1. The van der Waals surface area contributed by atoms with Crippen molar-refractivity contribution in [2.45, 2.75) is 52.4 Å². The summed E-state index contributed by atoms with van der Waals surface area (Å²) in [5, 5.41) is 11.2. The number of rotatable bonds is 6. The maximum atomic E-state index is 13.5. The van der Waals surface area contributed by atoms with E-state index >= 15 is 0 Å². The Hall–Kier alpha value is -3.80. The molecular formula is C32H37N2O4+. The number of methoxy groups -OCH3 is 2. The van der Waals surface area contributed by atoms with Crippen molar-refractivity contribution >= 4 is 22.9 Å². The van der Waals surface area contributed by atoms with E-state index in [9.17, 15) is 9.90 Å². The number of aliphatic hydroxyl groups is 1. The van der Waals surface area contributed by atoms with Gasteiger partial charge in [-0.3, -0.25) is 4.79 Å². The van der Waals surface area contributed by atoms with Crippen LogP contribution < -0.4 is 14.4 Å². The van der Waals surface area contributed by atoms with E-state index in [1.165, 1.54) is 0 Å². The monoisotopic (exact) mass is 513 g/mol. The lowest BCUT2D eigenvalue weighted by Crippen LogP contribution is -2.32. The second-order valence-electron chi connectivity index (χ2n) is 11.1. The Labute approximate surface area is 225 Å². The van der Waals surface area contributed by atoms with Crippen molar-refractivity contribution in [1.82, 2.24) is 0 Å². The quantitative estimate of drug-likeness (QED) is 0.372. The van der Waals surface area contributed by atoms with Gasteiger partial charge < -0.3 is 19.5 Å². The van der Waals surface area contributed by atoms with E-state index in [1.807, 2.05) is 24.3 Å². The van der Waals surface area contributed by atoms with E-state index in [4.69, 9.17) is 9.47 Å². The van der Waals surface area contributed by atoms with Crippen LogP contribution in [0.5, 0.6) is 11.5 Å². The number of benzene rings is 2. The second kappa shape index (κ2) is 8.90. The van der Waals surface area contributed by atoms with E-state index in [2.05, 4.69) is 75.3 Å². The van der Waals surface area contributed by atoms with Gasteiger partial charge in [0, 0.05) is 41.1 Å². The summed E-state index contributed by atoms with van der Waals surface area (Å²) in [6.45, 7) is 14.3. The molecule has 198 valence electrons. The maximum Gasteiger partial charge on any atom is 0.210 e. The summed E-state index contributed by atoms with van der Waals surface area (Å²) in [6, 6.07) is 12.2. The zero-order valence-electron chi connectivity index (χ0n) is 23.6. The number of aliphatic hydroxyl groups excluding tert-OH is 1. The predicted octanol–water partition coefficient (Wildman–Crippen LogP) is 6.12. The number of hydrogen-bond acceptors (Lipinski definition) is 5. The molecule has 2 aliphatic heterocycles. The number of ether oxygens (including phenoxy) is 2. The minimum atomic E-state index is -0.352. The molecule has 0 saturated heterocycles. The maximum absolute atomic E-state index is 13.5. The number of allylic oxidation sites excluding steroid dienone is 5. The number of fused-ring (bicyclic) bond motifs is 2. The second-order valence-corrected chi connectivity index (χ2v) is 11.1. The molecule has 2 heterocycles. The Morgan fingerprint density at radius 3 is 2.13 bits per heavy atom. The van der Waals surface area contributed by atoms with Gasteiger partial charge in [-0.1, -0.05) is 13.8 Å². The van der Waals surface area contributed by atoms with Crippen LogP contribution >= 0.6 is 0 Å². The van der Waals surface area contributed by atoms with Gasteiger partial charge in [0.05, 0.1) is 30.8 Å². The van der Waals surface area contributed by atoms with Gasteiger partial charge in [-0.2, -0.15) is 4.58 Å². The summed E-state index contributed by atoms with van der Waals surface area (Å²) in [5.41, 5.74) is 6.47. The Morgan fingerprint density at radius 2 is 1.55 bits per heavy atom. The molecule has 0 atom stereocenters. The molecule has 0 aromatic heterocycles. The first kappa shape index (κ1) is 25.8. The average molecular weight is 514 g/mol. The van der Waals surface area contributed by atoms with Gasteiger partial charge in [-0.05, 0) is 69.7 Å². The molecule has 5 rings (SSSR count). The molecule has 0 saturated carbocycles. The zero-order chi connectivity index (χ0) is 27.6. The van der Waals surface area contributed by atoms with Gasteiger partial charge in [0.2, 0.25) is 11.5 Å². The Kier molecular flexibility index (Phi) is 6.05. The third-order valence-corrected chi connectivity index (χ3v) is 8.39. The molecule has 0 unspecified atom stereocenters. The number of hydrogen-bond donors (Lipinski definition) is 1. The van der Waals surface area contributed by atoms with Crippen molar-refractivity contribution in [3.05, 3.63) is 82.3 Å². The number of ketones is 1. The highest BCUT2D eigenvalue weighted by molar-refractivity contribution is 6.24. The van der Waals surface area contributed by atoms with Crippen molar-refractivity contribution in [3.8, 4) is 11.5 Å². The third kappa shape index (κ3) is 3.53. The van der Waals surface area contributed by atoms with Gasteiger partial charge in [-0.25, -0.2) is 0 Å². The van der Waals surface area contributed by atoms with Gasteiger partial charge in [0.25, 0.3) is 0 Å². The number of carbonyl (C=O) groups excluding carboxylic acids is 1. The minimum Gasteiger partial charge on any atom is -0.506 e. The van der Waals surface area contributed by atoms with Crippen LogP contribution in [0.15, 0.2) is 71.2 Å². The standard InChI is InChI=1S/C32H36N2O4/c1-9-33-25-13-11-19(37-7)15-23(25)31(3,4)27(33)17-21-29(35)22(30(21)36)18-28-32(5,6)24-16-20(38-8)12-14-26(24)34(28)10-2/h11-18H,9-10H2,1-8H3/p+1. The van der Waals surface area contributed by atoms with E-state index in [0.717, 1.165) is 58.5 Å². The number of anilines is 1. The molecule has 0 fully saturated rings. The minimum absolute atomic E-state index is 0.0516. The zero-order valence-corrected chi connectivity index (χ0v) is 23.6. The summed E-state index contributed by atoms with van der Waals surface area (Å²) < 4.78 is 13.2. The summed E-state index contributed by atoms with van der Waals surface area (Å²) in [4.78, 5) is 15.7. The normalized spacial score (nSPS) is 21.3. The highest BCUT2D eigenvalue weighted by atomic mass is 16.5. The van der Waals surface area contributed by atoms with E-state index in [0.29, 0.717) is 11.1 Å². The molecule has 6 nitrogen and oxygen atoms in total. The highest BCUT2D eigenvalue weighted by Crippen LogP contribution is 2.50. The van der Waals surface area contributed by atoms with Crippen LogP contribution in [0.2, 0.25) is 0 Å². The Morgan fingerprint density at radius 1 is 0.921 bits per heavy atom. The average Bonchev–Trinajstić information content (AvgIpc) is 3.26. The van der Waals surface area contributed by atoms with Crippen LogP contribution in [0, 0.1) is 0 Å². The summed E-state index contributed by atoms with van der Waals surface area (Å²) >= 11 is 0. The van der Waals surface area contributed by atoms with Crippen molar-refractivity contribution < 1.29 is 24.0 Å². The fraction of sp³-hybridized carbons (Fsp3) is 0.375. The van der Waals surface area contributed by atoms with Crippen molar-refractivity contribution in [1.29, 1.82) is 0 Å². The summed E-state index contributed by atoms with van der Waals surface area (Å²) in [5.74, 6) is 1.52. The molecule has 0 spiro atoms. The lowest BCUT2D eigenvalue weighted by molar-refractivity contribution is -0.433. The largest absolute Gasteiger partial charge is 0.506 e. The molecule has 3 aliphatic rings. The fourth-order valence-corrected chi connectivity index (χ4v) is 6.15. The predicted molar refractivity (Wildman–Crippen MR) is 151 cm³/mol.